The molecule has 0 N–H and O–H groups in total. The summed E-state index contributed by atoms with van der Waals surface area (Å²) in [6.45, 7) is 6.21. The van der Waals surface area contributed by atoms with E-state index in [4.69, 9.17) is 0 Å². The normalized spacial score (nSPS) is 19.6. The number of likely N-dealkylation sites (N-methyl/N-ethyl adjacent to an activating group) is 1. The monoisotopic (exact) mass is 317 g/mol. The third-order valence-electron chi connectivity index (χ3n) is 5.00. The van der Waals surface area contributed by atoms with E-state index >= 15 is 0 Å². The molecule has 1 heterocycles. The zero-order chi connectivity index (χ0) is 16.5. The first-order valence-corrected chi connectivity index (χ1v) is 9.26. The molecule has 2 rings (SSSR count). The Kier molecular flexibility index (Phi) is 8.07. The van der Waals surface area contributed by atoms with Crippen LogP contribution in [0.4, 0.5) is 0 Å². The maximum atomic E-state index is 2.68. The van der Waals surface area contributed by atoms with Crippen molar-refractivity contribution in [1.82, 2.24) is 14.7 Å². The molecule has 0 bridgehead atoms. The Hall–Kier alpha value is -0.900. The third-order valence-corrected chi connectivity index (χ3v) is 5.00. The van der Waals surface area contributed by atoms with Gasteiger partial charge >= 0.3 is 0 Å². The van der Waals surface area contributed by atoms with Gasteiger partial charge in [-0.05, 0) is 85.0 Å². The minimum absolute atomic E-state index is 0.752. The molecule has 1 fully saturated rings. The molecule has 0 amide bonds. The second-order valence-corrected chi connectivity index (χ2v) is 7.32. The van der Waals surface area contributed by atoms with E-state index in [0.717, 1.165) is 6.04 Å². The number of nitrogens with zero attached hydrogens (tertiary/aromatic N) is 3. The van der Waals surface area contributed by atoms with Crippen molar-refractivity contribution in [1.29, 1.82) is 0 Å². The van der Waals surface area contributed by atoms with E-state index in [1.54, 1.807) is 0 Å². The lowest BCUT2D eigenvalue weighted by molar-refractivity contribution is 0.113. The standard InChI is InChI=1S/C20H35N3/c1-21(2)14-9-15-22(3)20-13-8-17-23(18-20)16-7-12-19-10-5-4-6-11-19/h4-6,10-11,20H,7-9,12-18H2,1-3H3. The van der Waals surface area contributed by atoms with Crippen LogP contribution in [-0.2, 0) is 6.42 Å². The Balaban J connectivity index is 1.66. The van der Waals surface area contributed by atoms with Crippen molar-refractivity contribution in [2.45, 2.75) is 38.1 Å². The average molecular weight is 318 g/mol. The van der Waals surface area contributed by atoms with E-state index in [9.17, 15) is 0 Å². The van der Waals surface area contributed by atoms with Gasteiger partial charge in [0.1, 0.15) is 0 Å². The van der Waals surface area contributed by atoms with Gasteiger partial charge in [-0.1, -0.05) is 30.3 Å². The summed E-state index contributed by atoms with van der Waals surface area (Å²) in [4.78, 5) is 7.55. The third kappa shape index (κ3) is 7.03. The molecule has 0 aromatic heterocycles. The van der Waals surface area contributed by atoms with Crippen LogP contribution < -0.4 is 0 Å². The highest BCUT2D eigenvalue weighted by Crippen LogP contribution is 2.16. The molecule has 1 aliphatic heterocycles. The first kappa shape index (κ1) is 18.4. The van der Waals surface area contributed by atoms with Gasteiger partial charge in [-0.15, -0.1) is 0 Å². The van der Waals surface area contributed by atoms with Gasteiger partial charge in [0, 0.05) is 12.6 Å². The summed E-state index contributed by atoms with van der Waals surface area (Å²) < 4.78 is 0. The van der Waals surface area contributed by atoms with E-state index in [1.165, 1.54) is 70.4 Å². The predicted octanol–water partition coefficient (Wildman–Crippen LogP) is 2.97. The van der Waals surface area contributed by atoms with Crippen LogP contribution in [-0.4, -0.2) is 74.6 Å². The van der Waals surface area contributed by atoms with E-state index in [0.29, 0.717) is 0 Å². The molecule has 0 saturated carbocycles. The molecule has 130 valence electrons. The van der Waals surface area contributed by atoms with Crippen LogP contribution in [0.2, 0.25) is 0 Å². The first-order chi connectivity index (χ1) is 11.1. The smallest absolute Gasteiger partial charge is 0.0220 e. The van der Waals surface area contributed by atoms with Gasteiger partial charge in [-0.3, -0.25) is 0 Å². The number of benzene rings is 1. The Bertz CT molecular complexity index is 418. The molecule has 23 heavy (non-hydrogen) atoms. The maximum Gasteiger partial charge on any atom is 0.0220 e. The number of rotatable bonds is 9. The number of hydrogen-bond donors (Lipinski definition) is 0. The molecule has 0 aliphatic carbocycles. The van der Waals surface area contributed by atoms with Crippen LogP contribution >= 0.6 is 0 Å². The molecule has 1 aromatic rings. The summed E-state index contributed by atoms with van der Waals surface area (Å²) in [6.07, 6.45) is 6.48. The van der Waals surface area contributed by atoms with E-state index < -0.39 is 0 Å². The fourth-order valence-electron chi connectivity index (χ4n) is 3.56. The van der Waals surface area contributed by atoms with Crippen molar-refractivity contribution < 1.29 is 0 Å². The van der Waals surface area contributed by atoms with Crippen LogP contribution in [0.3, 0.4) is 0 Å². The van der Waals surface area contributed by atoms with Gasteiger partial charge in [-0.25, -0.2) is 0 Å². The number of piperidine rings is 1. The van der Waals surface area contributed by atoms with Gasteiger partial charge in [0.05, 0.1) is 0 Å². The Labute approximate surface area is 143 Å². The van der Waals surface area contributed by atoms with Crippen molar-refractivity contribution in [2.75, 3.05) is 53.9 Å². The lowest BCUT2D eigenvalue weighted by atomic mass is 10.0. The lowest BCUT2D eigenvalue weighted by Crippen LogP contribution is -2.47. The van der Waals surface area contributed by atoms with Crippen molar-refractivity contribution in [3.8, 4) is 0 Å². The van der Waals surface area contributed by atoms with Gasteiger partial charge in [0.15, 0.2) is 0 Å². The summed E-state index contributed by atoms with van der Waals surface area (Å²) in [5.41, 5.74) is 1.47. The molecule has 0 spiro atoms. The van der Waals surface area contributed by atoms with Crippen LogP contribution in [0.1, 0.15) is 31.2 Å². The second-order valence-electron chi connectivity index (χ2n) is 7.32. The molecule has 1 aromatic carbocycles. The summed E-state index contributed by atoms with van der Waals surface area (Å²) in [7, 11) is 6.64. The Morgan fingerprint density at radius 3 is 2.57 bits per heavy atom. The Morgan fingerprint density at radius 1 is 1.04 bits per heavy atom. The van der Waals surface area contributed by atoms with Crippen molar-refractivity contribution >= 4 is 0 Å². The maximum absolute atomic E-state index is 2.68. The molecule has 3 heteroatoms. The molecule has 1 atom stereocenters. The summed E-state index contributed by atoms with van der Waals surface area (Å²) >= 11 is 0. The van der Waals surface area contributed by atoms with Crippen LogP contribution in [0.25, 0.3) is 0 Å². The number of likely N-dealkylation sites (tertiary alicyclic amines) is 1. The minimum atomic E-state index is 0.752. The van der Waals surface area contributed by atoms with Gasteiger partial charge in [0.25, 0.3) is 0 Å². The summed E-state index contributed by atoms with van der Waals surface area (Å²) in [5.74, 6) is 0. The topological polar surface area (TPSA) is 9.72 Å². The fourth-order valence-corrected chi connectivity index (χ4v) is 3.56. The number of aryl methyl sites for hydroxylation is 1. The molecule has 0 radical (unpaired) electrons. The molecule has 1 aliphatic rings. The quantitative estimate of drug-likeness (QED) is 0.693. The van der Waals surface area contributed by atoms with Gasteiger partial charge in [0.2, 0.25) is 0 Å². The molecule has 1 saturated heterocycles. The molecular formula is C20H35N3. The van der Waals surface area contributed by atoms with E-state index in [-0.39, 0.29) is 0 Å². The van der Waals surface area contributed by atoms with Crippen molar-refractivity contribution in [2.24, 2.45) is 0 Å². The molecule has 1 unspecified atom stereocenters. The van der Waals surface area contributed by atoms with Crippen molar-refractivity contribution in [3.05, 3.63) is 35.9 Å². The van der Waals surface area contributed by atoms with Gasteiger partial charge < -0.3 is 14.7 Å². The van der Waals surface area contributed by atoms with E-state index in [1.807, 2.05) is 0 Å². The number of hydrogen-bond acceptors (Lipinski definition) is 3. The minimum Gasteiger partial charge on any atom is -0.309 e. The van der Waals surface area contributed by atoms with Crippen LogP contribution in [0, 0.1) is 0 Å². The predicted molar refractivity (Wildman–Crippen MR) is 100 cm³/mol. The Morgan fingerprint density at radius 2 is 1.83 bits per heavy atom. The molecule has 3 nitrogen and oxygen atoms in total. The van der Waals surface area contributed by atoms with Crippen molar-refractivity contribution in [3.63, 3.8) is 0 Å². The van der Waals surface area contributed by atoms with Crippen LogP contribution in [0.5, 0.6) is 0 Å². The van der Waals surface area contributed by atoms with Crippen LogP contribution in [0.15, 0.2) is 30.3 Å². The highest BCUT2D eigenvalue weighted by Gasteiger charge is 2.22. The lowest BCUT2D eigenvalue weighted by Gasteiger charge is -2.38. The highest BCUT2D eigenvalue weighted by atomic mass is 15.2. The first-order valence-electron chi connectivity index (χ1n) is 9.26. The SMILES string of the molecule is CN(C)CCCN(C)C1CCCN(CCCc2ccccc2)C1. The largest absolute Gasteiger partial charge is 0.309 e. The zero-order valence-corrected chi connectivity index (χ0v) is 15.4. The fraction of sp³-hybridized carbons (Fsp3) is 0.700. The molecular weight excluding hydrogens is 282 g/mol. The zero-order valence-electron chi connectivity index (χ0n) is 15.4. The summed E-state index contributed by atoms with van der Waals surface area (Å²) in [6, 6.07) is 11.6. The van der Waals surface area contributed by atoms with E-state index in [2.05, 4.69) is 66.2 Å². The summed E-state index contributed by atoms with van der Waals surface area (Å²) in [5, 5.41) is 0. The van der Waals surface area contributed by atoms with Gasteiger partial charge in [-0.2, -0.15) is 0 Å². The highest BCUT2D eigenvalue weighted by molar-refractivity contribution is 5.14. The average Bonchev–Trinajstić information content (AvgIpc) is 2.56. The second kappa shape index (κ2) is 10.1.